The number of aryl methyl sites for hydroxylation is 1. The van der Waals surface area contributed by atoms with Crippen molar-refractivity contribution >= 4 is 5.97 Å². The Morgan fingerprint density at radius 1 is 1.03 bits per heavy atom. The molecule has 0 saturated heterocycles. The Hall–Kier alpha value is -3.34. The molecule has 0 aromatic heterocycles. The number of carbonyl (C=O) groups is 1. The number of halogens is 1. The van der Waals surface area contributed by atoms with Gasteiger partial charge in [-0.05, 0) is 95.3 Å². The van der Waals surface area contributed by atoms with Gasteiger partial charge in [-0.25, -0.2) is 4.39 Å². The predicted molar refractivity (Wildman–Crippen MR) is 147 cm³/mol. The van der Waals surface area contributed by atoms with E-state index in [-0.39, 0.29) is 34.5 Å². The zero-order valence-electron chi connectivity index (χ0n) is 23.2. The number of ether oxygens (including phenoxy) is 3. The van der Waals surface area contributed by atoms with Crippen LogP contribution in [0.25, 0.3) is 11.1 Å². The first-order valence-electron chi connectivity index (χ1n) is 13.5. The monoisotopic (exact) mass is 516 g/mol. The van der Waals surface area contributed by atoms with E-state index in [9.17, 15) is 9.18 Å². The van der Waals surface area contributed by atoms with Crippen molar-refractivity contribution in [3.05, 3.63) is 82.7 Å². The molecular formula is C33H37FO4. The number of hydrogen-bond donors (Lipinski definition) is 0. The standard InChI is InChI=1S/C33H37FO4/c1-7-37-31(35)30-20(2)33(30)15-14-22-9-10-24(18-28(22)33)38-19-21-8-12-27(32(3,4)5)25(16-21)26-17-23(36-6)11-13-29(26)34/h8-13,16-18,20,30H,7,14-15,19H2,1-6H3. The average molecular weight is 517 g/mol. The second-order valence-electron chi connectivity index (χ2n) is 11.6. The van der Waals surface area contributed by atoms with Crippen LogP contribution in [0.15, 0.2) is 54.6 Å². The number of rotatable bonds is 7. The maximum atomic E-state index is 15.0. The molecule has 1 fully saturated rings. The summed E-state index contributed by atoms with van der Waals surface area (Å²) in [7, 11) is 1.59. The van der Waals surface area contributed by atoms with Gasteiger partial charge < -0.3 is 14.2 Å². The lowest BCUT2D eigenvalue weighted by molar-refractivity contribution is -0.145. The van der Waals surface area contributed by atoms with Gasteiger partial charge in [-0.2, -0.15) is 0 Å². The molecule has 1 spiro atoms. The lowest BCUT2D eigenvalue weighted by Crippen LogP contribution is -2.15. The van der Waals surface area contributed by atoms with Gasteiger partial charge in [0.2, 0.25) is 0 Å². The summed E-state index contributed by atoms with van der Waals surface area (Å²) in [5.41, 5.74) is 5.58. The summed E-state index contributed by atoms with van der Waals surface area (Å²) in [6.07, 6.45) is 1.94. The van der Waals surface area contributed by atoms with Crippen molar-refractivity contribution in [1.29, 1.82) is 0 Å². The van der Waals surface area contributed by atoms with Crippen molar-refractivity contribution in [3.63, 3.8) is 0 Å². The highest BCUT2D eigenvalue weighted by atomic mass is 19.1. The summed E-state index contributed by atoms with van der Waals surface area (Å²) in [5, 5.41) is 0. The lowest BCUT2D eigenvalue weighted by atomic mass is 9.81. The summed E-state index contributed by atoms with van der Waals surface area (Å²) < 4.78 is 32.0. The van der Waals surface area contributed by atoms with E-state index in [0.717, 1.165) is 35.3 Å². The highest BCUT2D eigenvalue weighted by molar-refractivity contribution is 5.81. The van der Waals surface area contributed by atoms with Crippen molar-refractivity contribution in [1.82, 2.24) is 0 Å². The van der Waals surface area contributed by atoms with Gasteiger partial charge in [-0.1, -0.05) is 45.9 Å². The summed E-state index contributed by atoms with van der Waals surface area (Å²) in [4.78, 5) is 12.6. The van der Waals surface area contributed by atoms with Crippen LogP contribution in [0.1, 0.15) is 63.3 Å². The smallest absolute Gasteiger partial charge is 0.310 e. The number of benzene rings is 3. The number of fused-ring (bicyclic) bond motifs is 2. The van der Waals surface area contributed by atoms with E-state index >= 15 is 0 Å². The largest absolute Gasteiger partial charge is 0.497 e. The Morgan fingerprint density at radius 2 is 1.79 bits per heavy atom. The van der Waals surface area contributed by atoms with Gasteiger partial charge in [0, 0.05) is 11.0 Å². The Labute approximate surface area is 225 Å². The summed E-state index contributed by atoms with van der Waals surface area (Å²) in [6, 6.07) is 17.2. The topological polar surface area (TPSA) is 44.8 Å². The van der Waals surface area contributed by atoms with Crippen LogP contribution < -0.4 is 9.47 Å². The molecule has 3 atom stereocenters. The highest BCUT2D eigenvalue weighted by Crippen LogP contribution is 2.66. The lowest BCUT2D eigenvalue weighted by Gasteiger charge is -2.24. The van der Waals surface area contributed by atoms with Crippen LogP contribution >= 0.6 is 0 Å². The molecule has 200 valence electrons. The average Bonchev–Trinajstić information content (AvgIpc) is 3.31. The van der Waals surface area contributed by atoms with E-state index in [1.54, 1.807) is 19.2 Å². The fraction of sp³-hybridized carbons (Fsp3) is 0.424. The minimum atomic E-state index is -0.284. The normalized spacial score (nSPS) is 21.8. The maximum Gasteiger partial charge on any atom is 0.310 e. The minimum absolute atomic E-state index is 0.0794. The van der Waals surface area contributed by atoms with Gasteiger partial charge in [0.1, 0.15) is 23.9 Å². The molecule has 0 heterocycles. The molecule has 5 rings (SSSR count). The molecule has 1 saturated carbocycles. The molecule has 2 aliphatic rings. The van der Waals surface area contributed by atoms with Crippen LogP contribution in [-0.4, -0.2) is 19.7 Å². The van der Waals surface area contributed by atoms with Crippen molar-refractivity contribution < 1.29 is 23.4 Å². The van der Waals surface area contributed by atoms with Gasteiger partial charge in [0.25, 0.3) is 0 Å². The van der Waals surface area contributed by atoms with Gasteiger partial charge >= 0.3 is 5.97 Å². The first-order chi connectivity index (χ1) is 18.1. The zero-order chi connectivity index (χ0) is 27.2. The van der Waals surface area contributed by atoms with Crippen LogP contribution in [0.4, 0.5) is 4.39 Å². The van der Waals surface area contributed by atoms with Gasteiger partial charge in [0.05, 0.1) is 19.6 Å². The maximum absolute atomic E-state index is 15.0. The third-order valence-corrected chi connectivity index (χ3v) is 8.45. The molecule has 2 aliphatic carbocycles. The SMILES string of the molecule is CCOC(=O)C1C(C)C12CCc1ccc(OCc3ccc(C(C)(C)C)c(-c4cc(OC)ccc4F)c3)cc12. The summed E-state index contributed by atoms with van der Waals surface area (Å²) in [6.45, 7) is 11.2. The molecule has 3 aromatic carbocycles. The molecule has 3 aromatic rings. The van der Waals surface area contributed by atoms with Crippen molar-refractivity contribution in [2.45, 2.75) is 64.9 Å². The van der Waals surface area contributed by atoms with E-state index in [1.165, 1.54) is 17.2 Å². The highest BCUT2D eigenvalue weighted by Gasteiger charge is 2.68. The molecule has 5 heteroatoms. The molecular weight excluding hydrogens is 479 g/mol. The third kappa shape index (κ3) is 4.46. The first-order valence-corrected chi connectivity index (χ1v) is 13.5. The Balaban J connectivity index is 1.42. The molecule has 0 radical (unpaired) electrons. The fourth-order valence-corrected chi connectivity index (χ4v) is 6.41. The first kappa shape index (κ1) is 26.3. The van der Waals surface area contributed by atoms with Crippen molar-refractivity contribution in [3.8, 4) is 22.6 Å². The minimum Gasteiger partial charge on any atom is -0.497 e. The quantitative estimate of drug-likeness (QED) is 0.307. The molecule has 38 heavy (non-hydrogen) atoms. The number of hydrogen-bond acceptors (Lipinski definition) is 4. The number of methoxy groups -OCH3 is 1. The van der Waals surface area contributed by atoms with Crippen LogP contribution in [0.2, 0.25) is 0 Å². The van der Waals surface area contributed by atoms with Crippen LogP contribution in [0.3, 0.4) is 0 Å². The molecule has 4 nitrogen and oxygen atoms in total. The molecule has 0 bridgehead atoms. The van der Waals surface area contributed by atoms with E-state index < -0.39 is 0 Å². The third-order valence-electron chi connectivity index (χ3n) is 8.45. The second-order valence-corrected chi connectivity index (χ2v) is 11.6. The molecule has 0 aliphatic heterocycles. The van der Waals surface area contributed by atoms with E-state index in [0.29, 0.717) is 24.5 Å². The van der Waals surface area contributed by atoms with Gasteiger partial charge in [-0.15, -0.1) is 0 Å². The van der Waals surface area contributed by atoms with E-state index in [1.807, 2.05) is 19.1 Å². The second kappa shape index (κ2) is 9.76. The fourth-order valence-electron chi connectivity index (χ4n) is 6.41. The molecule has 3 unspecified atom stereocenters. The molecule has 0 N–H and O–H groups in total. The van der Waals surface area contributed by atoms with Gasteiger partial charge in [-0.3, -0.25) is 4.79 Å². The Bertz CT molecular complexity index is 1370. The Morgan fingerprint density at radius 3 is 2.50 bits per heavy atom. The van der Waals surface area contributed by atoms with Crippen molar-refractivity contribution in [2.75, 3.05) is 13.7 Å². The zero-order valence-corrected chi connectivity index (χ0v) is 23.2. The van der Waals surface area contributed by atoms with Crippen molar-refractivity contribution in [2.24, 2.45) is 11.8 Å². The molecule has 0 amide bonds. The number of carbonyl (C=O) groups excluding carboxylic acids is 1. The van der Waals surface area contributed by atoms with Gasteiger partial charge in [0.15, 0.2) is 0 Å². The van der Waals surface area contributed by atoms with Crippen LogP contribution in [-0.2, 0) is 33.4 Å². The van der Waals surface area contributed by atoms with Crippen LogP contribution in [0.5, 0.6) is 11.5 Å². The van der Waals surface area contributed by atoms with E-state index in [4.69, 9.17) is 14.2 Å². The Kier molecular flexibility index (Phi) is 6.75. The van der Waals surface area contributed by atoms with Crippen LogP contribution in [0, 0.1) is 17.7 Å². The van der Waals surface area contributed by atoms with E-state index in [2.05, 4.69) is 52.0 Å². The predicted octanol–water partition coefficient (Wildman–Crippen LogP) is 7.39. The number of esters is 1. The summed E-state index contributed by atoms with van der Waals surface area (Å²) >= 11 is 0. The summed E-state index contributed by atoms with van der Waals surface area (Å²) in [5.74, 6) is 1.21.